The average molecular weight is 224 g/mol. The number of piperidine rings is 2. The van der Waals surface area contributed by atoms with Gasteiger partial charge in [-0.15, -0.1) is 0 Å². The van der Waals surface area contributed by atoms with E-state index in [0.29, 0.717) is 0 Å². The van der Waals surface area contributed by atoms with E-state index < -0.39 is 0 Å². The fourth-order valence-electron chi connectivity index (χ4n) is 2.97. The predicted octanol–water partition coefficient (Wildman–Crippen LogP) is -0.608. The van der Waals surface area contributed by atoms with Gasteiger partial charge in [-0.1, -0.05) is 12.2 Å². The summed E-state index contributed by atoms with van der Waals surface area (Å²) >= 11 is 0. The largest absolute Gasteiger partial charge is 0.337 e. The molecule has 16 heavy (non-hydrogen) atoms. The second-order valence-electron chi connectivity index (χ2n) is 5.97. The maximum absolute atomic E-state index is 2.54. The van der Waals surface area contributed by atoms with Crippen LogP contribution in [0.2, 0.25) is 0 Å². The Kier molecular flexibility index (Phi) is 4.42. The second-order valence-corrected chi connectivity index (χ2v) is 5.97. The number of hydrogen-bond donors (Lipinski definition) is 2. The van der Waals surface area contributed by atoms with Crippen molar-refractivity contribution in [2.24, 2.45) is 11.8 Å². The molecule has 2 nitrogen and oxygen atoms in total. The van der Waals surface area contributed by atoms with Crippen LogP contribution in [0.25, 0.3) is 0 Å². The van der Waals surface area contributed by atoms with E-state index >= 15 is 0 Å². The molecule has 0 spiro atoms. The molecule has 0 atom stereocenters. The highest BCUT2D eigenvalue weighted by Crippen LogP contribution is 2.16. The SMILES string of the molecule is C[NH+]1CCC(/C=C/C2CC[NH+](C)CC2)CC1. The van der Waals surface area contributed by atoms with Gasteiger partial charge in [0.05, 0.1) is 40.3 Å². The summed E-state index contributed by atoms with van der Waals surface area (Å²) in [6.07, 6.45) is 10.7. The zero-order valence-corrected chi connectivity index (χ0v) is 11.0. The zero-order chi connectivity index (χ0) is 11.4. The summed E-state index contributed by atoms with van der Waals surface area (Å²) < 4.78 is 0. The Morgan fingerprint density at radius 2 is 1.00 bits per heavy atom. The molecule has 2 rings (SSSR count). The lowest BCUT2D eigenvalue weighted by atomic mass is 9.91. The zero-order valence-electron chi connectivity index (χ0n) is 11.0. The molecule has 2 heterocycles. The van der Waals surface area contributed by atoms with Gasteiger partial charge in [0.25, 0.3) is 0 Å². The molecule has 0 amide bonds. The van der Waals surface area contributed by atoms with Crippen LogP contribution in [0.3, 0.4) is 0 Å². The Balaban J connectivity index is 1.72. The van der Waals surface area contributed by atoms with E-state index in [-0.39, 0.29) is 0 Å². The third kappa shape index (κ3) is 3.60. The van der Waals surface area contributed by atoms with Crippen LogP contribution < -0.4 is 9.80 Å². The van der Waals surface area contributed by atoms with E-state index in [2.05, 4.69) is 26.2 Å². The summed E-state index contributed by atoms with van der Waals surface area (Å²) in [6, 6.07) is 0. The van der Waals surface area contributed by atoms with Crippen molar-refractivity contribution in [2.75, 3.05) is 40.3 Å². The van der Waals surface area contributed by atoms with Gasteiger partial charge >= 0.3 is 0 Å². The van der Waals surface area contributed by atoms with Gasteiger partial charge in [0, 0.05) is 25.7 Å². The number of hydrogen-bond acceptors (Lipinski definition) is 0. The van der Waals surface area contributed by atoms with Crippen molar-refractivity contribution in [3.8, 4) is 0 Å². The molecular weight excluding hydrogens is 196 g/mol. The van der Waals surface area contributed by atoms with Crippen LogP contribution in [0.5, 0.6) is 0 Å². The first kappa shape index (κ1) is 12.1. The molecule has 2 aliphatic rings. The first-order valence-electron chi connectivity index (χ1n) is 7.05. The number of nitrogens with one attached hydrogen (secondary N) is 2. The van der Waals surface area contributed by atoms with Crippen LogP contribution in [0.1, 0.15) is 25.7 Å². The quantitative estimate of drug-likeness (QED) is 0.579. The van der Waals surface area contributed by atoms with E-state index in [0.717, 1.165) is 11.8 Å². The lowest BCUT2D eigenvalue weighted by Crippen LogP contribution is -3.10. The van der Waals surface area contributed by atoms with Gasteiger partial charge in [-0.25, -0.2) is 0 Å². The summed E-state index contributed by atoms with van der Waals surface area (Å²) in [7, 11) is 4.64. The minimum absolute atomic E-state index is 0.885. The summed E-state index contributed by atoms with van der Waals surface area (Å²) in [5, 5.41) is 0. The number of likely N-dealkylation sites (tertiary alicyclic amines) is 2. The van der Waals surface area contributed by atoms with Gasteiger partial charge in [-0.3, -0.25) is 0 Å². The van der Waals surface area contributed by atoms with E-state index in [9.17, 15) is 0 Å². The van der Waals surface area contributed by atoms with E-state index in [1.165, 1.54) is 51.9 Å². The van der Waals surface area contributed by atoms with Crippen molar-refractivity contribution in [3.63, 3.8) is 0 Å². The molecular formula is C14H28N2+2. The fourth-order valence-corrected chi connectivity index (χ4v) is 2.97. The van der Waals surface area contributed by atoms with Crippen LogP contribution in [0, 0.1) is 11.8 Å². The Hall–Kier alpha value is -0.340. The molecule has 0 aromatic carbocycles. The molecule has 0 radical (unpaired) electrons. The molecule has 0 unspecified atom stereocenters. The Morgan fingerprint density at radius 3 is 1.31 bits per heavy atom. The van der Waals surface area contributed by atoms with E-state index in [1.807, 2.05) is 0 Å². The minimum Gasteiger partial charge on any atom is -0.337 e. The maximum Gasteiger partial charge on any atom is 0.0774 e. The minimum atomic E-state index is 0.885. The molecule has 0 aromatic heterocycles. The lowest BCUT2D eigenvalue weighted by Gasteiger charge is -2.26. The first-order valence-corrected chi connectivity index (χ1v) is 7.05. The molecule has 92 valence electrons. The van der Waals surface area contributed by atoms with Crippen LogP contribution in [-0.2, 0) is 0 Å². The molecule has 2 heteroatoms. The molecule has 2 fully saturated rings. The highest BCUT2D eigenvalue weighted by molar-refractivity contribution is 4.94. The molecule has 0 bridgehead atoms. The standard InChI is InChI=1S/C14H26N2/c1-15-9-5-13(6-10-15)3-4-14-7-11-16(2)12-8-14/h3-4,13-14H,5-12H2,1-2H3/p+2/b4-3+. The average Bonchev–Trinajstić information content (AvgIpc) is 2.30. The molecule has 0 saturated carbocycles. The highest BCUT2D eigenvalue weighted by atomic mass is 15.1. The number of quaternary nitrogens is 2. The number of rotatable bonds is 2. The van der Waals surface area contributed by atoms with Gasteiger partial charge in [-0.2, -0.15) is 0 Å². The number of allylic oxidation sites excluding steroid dienone is 2. The smallest absolute Gasteiger partial charge is 0.0774 e. The van der Waals surface area contributed by atoms with Crippen LogP contribution in [0.15, 0.2) is 12.2 Å². The lowest BCUT2D eigenvalue weighted by molar-refractivity contribution is -0.885. The Bertz CT molecular complexity index is 197. The molecule has 0 aliphatic carbocycles. The Morgan fingerprint density at radius 1 is 0.688 bits per heavy atom. The Labute approximate surface area is 100 Å². The van der Waals surface area contributed by atoms with Gasteiger partial charge in [0.15, 0.2) is 0 Å². The van der Waals surface area contributed by atoms with E-state index in [1.54, 1.807) is 9.80 Å². The molecule has 2 N–H and O–H groups in total. The maximum atomic E-state index is 2.54. The first-order chi connectivity index (χ1) is 7.74. The van der Waals surface area contributed by atoms with Crippen LogP contribution >= 0.6 is 0 Å². The van der Waals surface area contributed by atoms with E-state index in [4.69, 9.17) is 0 Å². The van der Waals surface area contributed by atoms with Gasteiger partial charge in [0.2, 0.25) is 0 Å². The monoisotopic (exact) mass is 224 g/mol. The summed E-state index contributed by atoms with van der Waals surface area (Å²) in [5.74, 6) is 1.77. The second kappa shape index (κ2) is 5.83. The topological polar surface area (TPSA) is 8.88 Å². The summed E-state index contributed by atoms with van der Waals surface area (Å²) in [6.45, 7) is 5.47. The normalized spacial score (nSPS) is 41.4. The van der Waals surface area contributed by atoms with Crippen molar-refractivity contribution >= 4 is 0 Å². The molecule has 2 saturated heterocycles. The van der Waals surface area contributed by atoms with Crippen LogP contribution in [-0.4, -0.2) is 40.3 Å². The van der Waals surface area contributed by atoms with Gasteiger partial charge < -0.3 is 9.80 Å². The van der Waals surface area contributed by atoms with Gasteiger partial charge in [0.1, 0.15) is 0 Å². The van der Waals surface area contributed by atoms with Crippen molar-refractivity contribution in [1.29, 1.82) is 0 Å². The fraction of sp³-hybridized carbons (Fsp3) is 0.857. The van der Waals surface area contributed by atoms with Crippen LogP contribution in [0.4, 0.5) is 0 Å². The summed E-state index contributed by atoms with van der Waals surface area (Å²) in [5.41, 5.74) is 0. The summed E-state index contributed by atoms with van der Waals surface area (Å²) in [4.78, 5) is 3.43. The van der Waals surface area contributed by atoms with Gasteiger partial charge in [-0.05, 0) is 11.8 Å². The third-order valence-corrected chi connectivity index (χ3v) is 4.42. The van der Waals surface area contributed by atoms with Crippen molar-refractivity contribution in [2.45, 2.75) is 25.7 Å². The molecule has 2 aliphatic heterocycles. The van der Waals surface area contributed by atoms with Crippen molar-refractivity contribution < 1.29 is 9.80 Å². The third-order valence-electron chi connectivity index (χ3n) is 4.42. The van der Waals surface area contributed by atoms with Crippen molar-refractivity contribution in [1.82, 2.24) is 0 Å². The highest BCUT2D eigenvalue weighted by Gasteiger charge is 2.19. The van der Waals surface area contributed by atoms with Crippen molar-refractivity contribution in [3.05, 3.63) is 12.2 Å². The molecule has 0 aromatic rings. The predicted molar refractivity (Wildman–Crippen MR) is 67.8 cm³/mol.